The van der Waals surface area contributed by atoms with E-state index in [0.29, 0.717) is 22.6 Å². The molecule has 0 spiro atoms. The van der Waals surface area contributed by atoms with E-state index in [1.54, 1.807) is 48.5 Å². The number of nitrogens with zero attached hydrogens (tertiary/aromatic N) is 2. The Balaban J connectivity index is 1.93. The monoisotopic (exact) mass is 476 g/mol. The van der Waals surface area contributed by atoms with Gasteiger partial charge in [0.2, 0.25) is 0 Å². The van der Waals surface area contributed by atoms with Crippen LogP contribution in [0.5, 0.6) is 5.75 Å². The summed E-state index contributed by atoms with van der Waals surface area (Å²) in [5, 5.41) is 3.27. The molecule has 3 rings (SSSR count). The van der Waals surface area contributed by atoms with Crippen LogP contribution in [0.1, 0.15) is 22.7 Å². The molecule has 0 radical (unpaired) electrons. The van der Waals surface area contributed by atoms with E-state index >= 15 is 0 Å². The van der Waals surface area contributed by atoms with Crippen molar-refractivity contribution in [1.82, 2.24) is 0 Å². The van der Waals surface area contributed by atoms with Crippen molar-refractivity contribution >= 4 is 23.2 Å². The van der Waals surface area contributed by atoms with Crippen LogP contribution in [0.4, 0.5) is 18.9 Å². The van der Waals surface area contributed by atoms with Gasteiger partial charge in [0.25, 0.3) is 5.91 Å². The van der Waals surface area contributed by atoms with Gasteiger partial charge in [0.1, 0.15) is 5.75 Å². The lowest BCUT2D eigenvalue weighted by Gasteiger charge is -2.26. The van der Waals surface area contributed by atoms with Crippen molar-refractivity contribution in [3.05, 3.63) is 99.4 Å². The van der Waals surface area contributed by atoms with Crippen LogP contribution in [-0.4, -0.2) is 19.6 Å². The highest BCUT2D eigenvalue weighted by Crippen LogP contribution is 2.33. The Morgan fingerprint density at radius 1 is 1.06 bits per heavy atom. The Labute approximate surface area is 193 Å². The summed E-state index contributed by atoms with van der Waals surface area (Å²) in [4.78, 5) is 26.4. The number of hydrogen-bond donors (Lipinski definition) is 0. The zero-order chi connectivity index (χ0) is 24.0. The third-order valence-electron chi connectivity index (χ3n) is 5.07. The van der Waals surface area contributed by atoms with Crippen molar-refractivity contribution in [2.45, 2.75) is 18.6 Å². The van der Waals surface area contributed by atoms with E-state index < -0.39 is 23.7 Å². The summed E-state index contributed by atoms with van der Waals surface area (Å²) in [7, 11) is 1.46. The van der Waals surface area contributed by atoms with Gasteiger partial charge in [0.15, 0.2) is 6.04 Å². The Bertz CT molecular complexity index is 1110. The number of alkyl halides is 3. The predicted octanol–water partition coefficient (Wildman–Crippen LogP) is 6.45. The first-order valence-corrected chi connectivity index (χ1v) is 10.3. The standard InChI is InChI=1S/C24H20ClF3N2O3/c1-33-19-11-12-20(25)21(15-19)30(23(31)22(29-32)17-5-3-2-4-6-17)14-13-16-7-9-18(10-8-16)24(26,27)28/h2-12,15,22H,13-14H2,1H3. The van der Waals surface area contributed by atoms with Crippen LogP contribution in [0.15, 0.2) is 78.0 Å². The highest BCUT2D eigenvalue weighted by molar-refractivity contribution is 6.34. The van der Waals surface area contributed by atoms with Gasteiger partial charge in [0.05, 0.1) is 23.4 Å². The lowest BCUT2D eigenvalue weighted by atomic mass is 10.0. The molecule has 0 aliphatic carbocycles. The van der Waals surface area contributed by atoms with E-state index in [0.717, 1.165) is 12.1 Å². The molecule has 0 aliphatic rings. The minimum atomic E-state index is -4.44. The molecule has 0 aromatic heterocycles. The Hall–Kier alpha value is -3.39. The van der Waals surface area contributed by atoms with Crippen molar-refractivity contribution in [2.24, 2.45) is 5.18 Å². The van der Waals surface area contributed by atoms with E-state index in [1.165, 1.54) is 24.1 Å². The van der Waals surface area contributed by atoms with E-state index in [1.807, 2.05) is 0 Å². The Morgan fingerprint density at radius 2 is 1.73 bits per heavy atom. The van der Waals surface area contributed by atoms with Crippen LogP contribution >= 0.6 is 11.6 Å². The summed E-state index contributed by atoms with van der Waals surface area (Å²) >= 11 is 6.36. The van der Waals surface area contributed by atoms with E-state index in [-0.39, 0.29) is 18.0 Å². The molecule has 0 heterocycles. The molecule has 1 amide bonds. The maximum atomic E-state index is 13.4. The second-order valence-electron chi connectivity index (χ2n) is 7.17. The summed E-state index contributed by atoms with van der Waals surface area (Å²) in [5.74, 6) is -0.171. The number of hydrogen-bond acceptors (Lipinski definition) is 4. The maximum Gasteiger partial charge on any atom is 0.416 e. The molecule has 0 N–H and O–H groups in total. The molecule has 3 aromatic carbocycles. The summed E-state index contributed by atoms with van der Waals surface area (Å²) in [5.41, 5.74) is 0.535. The predicted molar refractivity (Wildman–Crippen MR) is 120 cm³/mol. The highest BCUT2D eigenvalue weighted by Gasteiger charge is 2.31. The molecule has 0 aliphatic heterocycles. The number of carbonyl (C=O) groups is 1. The Kier molecular flexibility index (Phi) is 7.71. The van der Waals surface area contributed by atoms with Crippen molar-refractivity contribution in [1.29, 1.82) is 0 Å². The van der Waals surface area contributed by atoms with E-state index in [4.69, 9.17) is 16.3 Å². The first-order chi connectivity index (χ1) is 15.7. The second-order valence-corrected chi connectivity index (χ2v) is 7.58. The van der Waals surface area contributed by atoms with E-state index in [2.05, 4.69) is 5.18 Å². The van der Waals surface area contributed by atoms with E-state index in [9.17, 15) is 22.9 Å². The number of benzene rings is 3. The van der Waals surface area contributed by atoms with Gasteiger partial charge in [-0.1, -0.05) is 59.2 Å². The number of amides is 1. The molecule has 0 fully saturated rings. The van der Waals surface area contributed by atoms with Gasteiger partial charge in [0, 0.05) is 12.6 Å². The lowest BCUT2D eigenvalue weighted by molar-refractivity contribution is -0.137. The first kappa shape index (κ1) is 24.3. The van der Waals surface area contributed by atoms with Gasteiger partial charge < -0.3 is 9.64 Å². The summed E-state index contributed by atoms with van der Waals surface area (Å²) in [6.45, 7) is 0.0515. The third-order valence-corrected chi connectivity index (χ3v) is 5.39. The highest BCUT2D eigenvalue weighted by atomic mass is 35.5. The van der Waals surface area contributed by atoms with Crippen LogP contribution < -0.4 is 9.64 Å². The van der Waals surface area contributed by atoms with Crippen LogP contribution in [-0.2, 0) is 17.4 Å². The van der Waals surface area contributed by atoms with Crippen LogP contribution in [0.2, 0.25) is 5.02 Å². The third kappa shape index (κ3) is 5.90. The van der Waals surface area contributed by atoms with Crippen molar-refractivity contribution in [3.8, 4) is 5.75 Å². The lowest BCUT2D eigenvalue weighted by Crippen LogP contribution is -2.36. The zero-order valence-electron chi connectivity index (χ0n) is 17.6. The number of ether oxygens (including phenoxy) is 1. The van der Waals surface area contributed by atoms with Gasteiger partial charge in [-0.15, -0.1) is 4.91 Å². The molecule has 33 heavy (non-hydrogen) atoms. The van der Waals surface area contributed by atoms with Gasteiger partial charge in [-0.3, -0.25) is 4.79 Å². The topological polar surface area (TPSA) is 59.0 Å². The summed E-state index contributed by atoms with van der Waals surface area (Å²) in [6.07, 6.45) is -4.22. The largest absolute Gasteiger partial charge is 0.497 e. The molecule has 0 saturated heterocycles. The summed E-state index contributed by atoms with van der Waals surface area (Å²) in [6, 6.07) is 16.4. The molecule has 5 nitrogen and oxygen atoms in total. The quantitative estimate of drug-likeness (QED) is 0.351. The average molecular weight is 477 g/mol. The first-order valence-electron chi connectivity index (χ1n) is 9.93. The fraction of sp³-hybridized carbons (Fsp3) is 0.208. The zero-order valence-corrected chi connectivity index (χ0v) is 18.3. The fourth-order valence-electron chi connectivity index (χ4n) is 3.31. The average Bonchev–Trinajstić information content (AvgIpc) is 2.81. The molecule has 0 saturated carbocycles. The number of carbonyl (C=O) groups excluding carboxylic acids is 1. The van der Waals surface area contributed by atoms with Crippen LogP contribution in [0.3, 0.4) is 0 Å². The van der Waals surface area contributed by atoms with Crippen molar-refractivity contribution < 1.29 is 22.7 Å². The smallest absolute Gasteiger partial charge is 0.416 e. The molecular formula is C24H20ClF3N2O3. The number of halogens is 4. The molecule has 1 unspecified atom stereocenters. The fourth-order valence-corrected chi connectivity index (χ4v) is 3.53. The number of methoxy groups -OCH3 is 1. The van der Waals surface area contributed by atoms with Gasteiger partial charge >= 0.3 is 6.18 Å². The molecule has 1 atom stereocenters. The van der Waals surface area contributed by atoms with Gasteiger partial charge in [-0.25, -0.2) is 0 Å². The number of anilines is 1. The molecule has 9 heteroatoms. The van der Waals surface area contributed by atoms with Crippen molar-refractivity contribution in [3.63, 3.8) is 0 Å². The van der Waals surface area contributed by atoms with Crippen molar-refractivity contribution in [2.75, 3.05) is 18.6 Å². The van der Waals surface area contributed by atoms with Gasteiger partial charge in [-0.2, -0.15) is 13.2 Å². The molecular weight excluding hydrogens is 457 g/mol. The molecule has 172 valence electrons. The molecule has 3 aromatic rings. The summed E-state index contributed by atoms with van der Waals surface area (Å²) < 4.78 is 43.8. The molecule has 0 bridgehead atoms. The van der Waals surface area contributed by atoms with Crippen LogP contribution in [0, 0.1) is 4.91 Å². The SMILES string of the molecule is COc1ccc(Cl)c(N(CCc2ccc(C(F)(F)F)cc2)C(=O)C(N=O)c2ccccc2)c1. The minimum absolute atomic E-state index is 0.0515. The number of rotatable bonds is 8. The number of nitroso groups, excluding NO2 is 1. The maximum absolute atomic E-state index is 13.4. The Morgan fingerprint density at radius 3 is 2.30 bits per heavy atom. The van der Waals surface area contributed by atoms with Crippen LogP contribution in [0.25, 0.3) is 0 Å². The minimum Gasteiger partial charge on any atom is -0.497 e. The van der Waals surface area contributed by atoms with Gasteiger partial charge in [-0.05, 0) is 41.8 Å². The normalized spacial score (nSPS) is 12.2. The second kappa shape index (κ2) is 10.5.